The number of likely N-dealkylation sites (tertiary alicyclic amines) is 1. The van der Waals surface area contributed by atoms with Gasteiger partial charge in [-0.2, -0.15) is 0 Å². The third-order valence-corrected chi connectivity index (χ3v) is 5.65. The minimum absolute atomic E-state index is 0.211. The van der Waals surface area contributed by atoms with Crippen molar-refractivity contribution < 1.29 is 4.79 Å². The summed E-state index contributed by atoms with van der Waals surface area (Å²) in [5.41, 5.74) is 2.69. The largest absolute Gasteiger partial charge is 0.353 e. The van der Waals surface area contributed by atoms with E-state index in [1.54, 1.807) is 0 Å². The van der Waals surface area contributed by atoms with Crippen LogP contribution in [0, 0.1) is 12.8 Å². The fourth-order valence-electron chi connectivity index (χ4n) is 3.99. The van der Waals surface area contributed by atoms with Gasteiger partial charge in [0, 0.05) is 31.1 Å². The second-order valence-electron chi connectivity index (χ2n) is 7.36. The summed E-state index contributed by atoms with van der Waals surface area (Å²) >= 11 is 0. The van der Waals surface area contributed by atoms with Crippen LogP contribution in [-0.2, 0) is 4.79 Å². The molecule has 1 amide bonds. The first kappa shape index (κ1) is 14.3. The van der Waals surface area contributed by atoms with Crippen molar-refractivity contribution in [1.82, 2.24) is 10.2 Å². The molecule has 1 aliphatic heterocycles. The first-order valence-electron chi connectivity index (χ1n) is 8.82. The van der Waals surface area contributed by atoms with Crippen LogP contribution in [0.1, 0.15) is 49.1 Å². The van der Waals surface area contributed by atoms with Crippen LogP contribution < -0.4 is 5.32 Å². The monoisotopic (exact) mass is 298 g/mol. The van der Waals surface area contributed by atoms with E-state index in [0.717, 1.165) is 25.3 Å². The zero-order chi connectivity index (χ0) is 15.1. The number of benzene rings is 1. The number of carbonyl (C=O) groups is 1. The van der Waals surface area contributed by atoms with Crippen LogP contribution in [0.2, 0.25) is 0 Å². The molecule has 1 heterocycles. The quantitative estimate of drug-likeness (QED) is 0.927. The molecule has 22 heavy (non-hydrogen) atoms. The van der Waals surface area contributed by atoms with Gasteiger partial charge in [-0.05, 0) is 56.1 Å². The minimum atomic E-state index is 0.211. The maximum atomic E-state index is 12.5. The van der Waals surface area contributed by atoms with E-state index in [1.165, 1.54) is 37.1 Å². The summed E-state index contributed by atoms with van der Waals surface area (Å²) in [6.45, 7) is 4.49. The van der Waals surface area contributed by atoms with Crippen molar-refractivity contribution in [3.8, 4) is 0 Å². The molecular formula is C19H26N2O. The normalized spacial score (nSPS) is 29.3. The number of carbonyl (C=O) groups excluding carboxylic acids is 1. The maximum Gasteiger partial charge on any atom is 0.223 e. The van der Waals surface area contributed by atoms with Crippen LogP contribution in [0.25, 0.3) is 0 Å². The molecule has 1 saturated heterocycles. The zero-order valence-electron chi connectivity index (χ0n) is 13.4. The smallest absolute Gasteiger partial charge is 0.223 e. The minimum Gasteiger partial charge on any atom is -0.353 e. The highest BCUT2D eigenvalue weighted by Gasteiger charge is 2.45. The van der Waals surface area contributed by atoms with E-state index in [-0.39, 0.29) is 11.8 Å². The molecule has 3 heteroatoms. The first-order chi connectivity index (χ1) is 10.7. The maximum absolute atomic E-state index is 12.5. The molecule has 3 aliphatic rings. The molecule has 118 valence electrons. The number of nitrogens with one attached hydrogen (secondary N) is 1. The van der Waals surface area contributed by atoms with Crippen LogP contribution in [0.5, 0.6) is 0 Å². The number of piperidine rings is 1. The molecule has 0 radical (unpaired) electrons. The standard InChI is InChI=1S/C19H26N2O/c1-13-4-2-3-5-16(13)17-12-18(17)19(22)20-14-8-10-21(11-9-14)15-6-7-15/h2-5,14-15,17-18H,6-12H2,1H3,(H,20,22)/t17-,18-/m0/s1. The van der Waals surface area contributed by atoms with E-state index < -0.39 is 0 Å². The molecule has 1 N–H and O–H groups in total. The topological polar surface area (TPSA) is 32.3 Å². The molecule has 0 spiro atoms. The van der Waals surface area contributed by atoms with Gasteiger partial charge < -0.3 is 10.2 Å². The molecule has 0 bridgehead atoms. The van der Waals surface area contributed by atoms with Crippen molar-refractivity contribution in [2.75, 3.05) is 13.1 Å². The van der Waals surface area contributed by atoms with Crippen molar-refractivity contribution in [3.05, 3.63) is 35.4 Å². The highest BCUT2D eigenvalue weighted by atomic mass is 16.2. The molecule has 4 rings (SSSR count). The molecule has 2 atom stereocenters. The van der Waals surface area contributed by atoms with Crippen LogP contribution in [0.4, 0.5) is 0 Å². The lowest BCUT2D eigenvalue weighted by molar-refractivity contribution is -0.123. The lowest BCUT2D eigenvalue weighted by Crippen LogP contribution is -2.45. The van der Waals surface area contributed by atoms with E-state index in [0.29, 0.717) is 12.0 Å². The van der Waals surface area contributed by atoms with Crippen molar-refractivity contribution in [3.63, 3.8) is 0 Å². The second kappa shape index (κ2) is 5.69. The molecular weight excluding hydrogens is 272 g/mol. The Labute approximate surface area is 133 Å². The summed E-state index contributed by atoms with van der Waals surface area (Å²) in [7, 11) is 0. The summed E-state index contributed by atoms with van der Waals surface area (Å²) in [5.74, 6) is 0.952. The van der Waals surface area contributed by atoms with Crippen molar-refractivity contribution in [2.24, 2.45) is 5.92 Å². The molecule has 2 saturated carbocycles. The van der Waals surface area contributed by atoms with Gasteiger partial charge in [-0.25, -0.2) is 0 Å². The Morgan fingerprint density at radius 2 is 1.86 bits per heavy atom. The number of hydrogen-bond acceptors (Lipinski definition) is 2. The van der Waals surface area contributed by atoms with E-state index >= 15 is 0 Å². The fourth-order valence-corrected chi connectivity index (χ4v) is 3.99. The van der Waals surface area contributed by atoms with Crippen LogP contribution in [0.3, 0.4) is 0 Å². The molecule has 2 aliphatic carbocycles. The van der Waals surface area contributed by atoms with Gasteiger partial charge >= 0.3 is 0 Å². The second-order valence-corrected chi connectivity index (χ2v) is 7.36. The highest BCUT2D eigenvalue weighted by Crippen LogP contribution is 2.48. The highest BCUT2D eigenvalue weighted by molar-refractivity contribution is 5.83. The summed E-state index contributed by atoms with van der Waals surface area (Å²) < 4.78 is 0. The van der Waals surface area contributed by atoms with Crippen LogP contribution >= 0.6 is 0 Å². The average Bonchev–Trinajstić information content (AvgIpc) is 3.41. The predicted octanol–water partition coefficient (Wildman–Crippen LogP) is 2.84. The van der Waals surface area contributed by atoms with Crippen molar-refractivity contribution in [1.29, 1.82) is 0 Å². The van der Waals surface area contributed by atoms with Crippen molar-refractivity contribution >= 4 is 5.91 Å². The summed E-state index contributed by atoms with van der Waals surface area (Å²) in [6, 6.07) is 9.76. The van der Waals surface area contributed by atoms with Gasteiger partial charge in [0.2, 0.25) is 5.91 Å². The Hall–Kier alpha value is -1.35. The van der Waals surface area contributed by atoms with Gasteiger partial charge in [0.05, 0.1) is 0 Å². The molecule has 1 aromatic carbocycles. The molecule has 1 aromatic rings. The first-order valence-corrected chi connectivity index (χ1v) is 8.82. The Morgan fingerprint density at radius 1 is 1.14 bits per heavy atom. The molecule has 3 nitrogen and oxygen atoms in total. The van der Waals surface area contributed by atoms with Crippen molar-refractivity contribution in [2.45, 2.75) is 57.0 Å². The Kier molecular flexibility index (Phi) is 3.69. The average molecular weight is 298 g/mol. The van der Waals surface area contributed by atoms with Gasteiger partial charge in [-0.3, -0.25) is 4.79 Å². The molecule has 0 aromatic heterocycles. The number of rotatable bonds is 4. The van der Waals surface area contributed by atoms with E-state index in [1.807, 2.05) is 0 Å². The third kappa shape index (κ3) is 2.91. The van der Waals surface area contributed by atoms with E-state index in [4.69, 9.17) is 0 Å². The number of hydrogen-bond donors (Lipinski definition) is 1. The predicted molar refractivity (Wildman–Crippen MR) is 87.8 cm³/mol. The zero-order valence-corrected chi connectivity index (χ0v) is 13.4. The Balaban J connectivity index is 1.28. The number of nitrogens with zero attached hydrogens (tertiary/aromatic N) is 1. The van der Waals surface area contributed by atoms with E-state index in [9.17, 15) is 4.79 Å². The fraction of sp³-hybridized carbons (Fsp3) is 0.632. The van der Waals surface area contributed by atoms with Crippen LogP contribution in [-0.4, -0.2) is 36.0 Å². The van der Waals surface area contributed by atoms with Gasteiger partial charge in [-0.15, -0.1) is 0 Å². The van der Waals surface area contributed by atoms with Gasteiger partial charge in [0.1, 0.15) is 0 Å². The lowest BCUT2D eigenvalue weighted by atomic mass is 10.0. The summed E-state index contributed by atoms with van der Waals surface area (Å²) in [6.07, 6.45) is 6.06. The summed E-state index contributed by atoms with van der Waals surface area (Å²) in [5, 5.41) is 3.31. The number of aryl methyl sites for hydroxylation is 1. The van der Waals surface area contributed by atoms with Gasteiger partial charge in [-0.1, -0.05) is 24.3 Å². The Bertz CT molecular complexity index is 558. The van der Waals surface area contributed by atoms with Gasteiger partial charge in [0.25, 0.3) is 0 Å². The SMILES string of the molecule is Cc1ccccc1[C@@H]1C[C@@H]1C(=O)NC1CCN(C2CC2)CC1. The van der Waals surface area contributed by atoms with Crippen LogP contribution in [0.15, 0.2) is 24.3 Å². The van der Waals surface area contributed by atoms with Gasteiger partial charge in [0.15, 0.2) is 0 Å². The molecule has 0 unspecified atom stereocenters. The summed E-state index contributed by atoms with van der Waals surface area (Å²) in [4.78, 5) is 15.1. The number of amides is 1. The third-order valence-electron chi connectivity index (χ3n) is 5.65. The lowest BCUT2D eigenvalue weighted by Gasteiger charge is -2.32. The Morgan fingerprint density at radius 3 is 2.55 bits per heavy atom. The molecule has 3 fully saturated rings. The van der Waals surface area contributed by atoms with E-state index in [2.05, 4.69) is 41.4 Å².